The topological polar surface area (TPSA) is 63.2 Å². The third-order valence-electron chi connectivity index (χ3n) is 3.66. The first-order valence-corrected chi connectivity index (χ1v) is 7.76. The molecule has 0 saturated carbocycles. The number of aromatic nitrogens is 1. The molecule has 1 heterocycles. The van der Waals surface area contributed by atoms with E-state index in [2.05, 4.69) is 15.6 Å². The normalized spacial score (nSPS) is 11.6. The molecule has 1 unspecified atom stereocenters. The van der Waals surface area contributed by atoms with Crippen LogP contribution in [0.2, 0.25) is 0 Å². The Morgan fingerprint density at radius 2 is 2.09 bits per heavy atom. The second-order valence-electron chi connectivity index (χ2n) is 5.38. The first kappa shape index (κ1) is 16.8. The summed E-state index contributed by atoms with van der Waals surface area (Å²) in [6.45, 7) is 4.60. The molecule has 1 aromatic carbocycles. The highest BCUT2D eigenvalue weighted by Gasteiger charge is 2.09. The van der Waals surface area contributed by atoms with Crippen LogP contribution in [0.4, 0.5) is 5.82 Å². The van der Waals surface area contributed by atoms with Gasteiger partial charge < -0.3 is 15.4 Å². The van der Waals surface area contributed by atoms with Crippen LogP contribution in [0.25, 0.3) is 0 Å². The third kappa shape index (κ3) is 4.71. The zero-order valence-electron chi connectivity index (χ0n) is 13.8. The third-order valence-corrected chi connectivity index (χ3v) is 3.66. The van der Waals surface area contributed by atoms with E-state index in [1.165, 1.54) is 0 Å². The van der Waals surface area contributed by atoms with Gasteiger partial charge in [0.25, 0.3) is 5.91 Å². The lowest BCUT2D eigenvalue weighted by molar-refractivity contribution is 0.0939. The first-order chi connectivity index (χ1) is 11.1. The highest BCUT2D eigenvalue weighted by Crippen LogP contribution is 2.18. The Labute approximate surface area is 137 Å². The first-order valence-electron chi connectivity index (χ1n) is 7.76. The van der Waals surface area contributed by atoms with Crippen molar-refractivity contribution in [3.8, 4) is 5.75 Å². The van der Waals surface area contributed by atoms with Crippen LogP contribution in [0, 0.1) is 0 Å². The van der Waals surface area contributed by atoms with Crippen LogP contribution in [0.5, 0.6) is 5.75 Å². The number of carbonyl (C=O) groups is 1. The lowest BCUT2D eigenvalue weighted by atomic mass is 10.2. The Hall–Kier alpha value is -2.56. The van der Waals surface area contributed by atoms with Crippen LogP contribution in [0.3, 0.4) is 0 Å². The van der Waals surface area contributed by atoms with E-state index in [0.717, 1.165) is 17.7 Å². The number of hydrogen-bond acceptors (Lipinski definition) is 4. The van der Waals surface area contributed by atoms with Gasteiger partial charge in [-0.1, -0.05) is 25.1 Å². The summed E-state index contributed by atoms with van der Waals surface area (Å²) in [6, 6.07) is 11.4. The average Bonchev–Trinajstić information content (AvgIpc) is 2.60. The molecule has 0 bridgehead atoms. The van der Waals surface area contributed by atoms with Crippen LogP contribution in [0.15, 0.2) is 42.6 Å². The van der Waals surface area contributed by atoms with Crippen molar-refractivity contribution in [2.75, 3.05) is 12.4 Å². The number of nitrogens with one attached hydrogen (secondary N) is 2. The van der Waals surface area contributed by atoms with Crippen molar-refractivity contribution >= 4 is 11.7 Å². The zero-order valence-corrected chi connectivity index (χ0v) is 13.8. The number of ether oxygens (including phenoxy) is 1. The molecule has 2 rings (SSSR count). The summed E-state index contributed by atoms with van der Waals surface area (Å²) < 4.78 is 5.33. The fraction of sp³-hybridized carbons (Fsp3) is 0.333. The van der Waals surface area contributed by atoms with Gasteiger partial charge in [-0.3, -0.25) is 4.79 Å². The Morgan fingerprint density at radius 1 is 1.30 bits per heavy atom. The van der Waals surface area contributed by atoms with E-state index in [-0.39, 0.29) is 11.9 Å². The van der Waals surface area contributed by atoms with E-state index in [9.17, 15) is 4.79 Å². The van der Waals surface area contributed by atoms with Crippen molar-refractivity contribution < 1.29 is 9.53 Å². The number of benzene rings is 1. The van der Waals surface area contributed by atoms with E-state index < -0.39 is 0 Å². The number of carbonyl (C=O) groups excluding carboxylic acids is 1. The summed E-state index contributed by atoms with van der Waals surface area (Å²) in [4.78, 5) is 16.4. The Bertz CT molecular complexity index is 658. The van der Waals surface area contributed by atoms with Crippen LogP contribution in [-0.4, -0.2) is 24.0 Å². The maximum atomic E-state index is 12.2. The lowest BCUT2D eigenvalue weighted by Crippen LogP contribution is -2.31. The molecule has 0 aliphatic carbocycles. The number of hydrogen-bond donors (Lipinski definition) is 2. The van der Waals surface area contributed by atoms with Crippen molar-refractivity contribution in [3.63, 3.8) is 0 Å². The fourth-order valence-corrected chi connectivity index (χ4v) is 2.11. The molecule has 2 N–H and O–H groups in total. The molecular weight excluding hydrogens is 290 g/mol. The summed E-state index contributed by atoms with van der Waals surface area (Å²) in [5, 5.41) is 6.18. The van der Waals surface area contributed by atoms with Crippen molar-refractivity contribution in [3.05, 3.63) is 53.7 Å². The number of methoxy groups -OCH3 is 1. The minimum Gasteiger partial charge on any atom is -0.496 e. The Morgan fingerprint density at radius 3 is 2.83 bits per heavy atom. The van der Waals surface area contributed by atoms with Gasteiger partial charge in [0.2, 0.25) is 0 Å². The van der Waals surface area contributed by atoms with Crippen LogP contribution >= 0.6 is 0 Å². The molecule has 0 fully saturated rings. The summed E-state index contributed by atoms with van der Waals surface area (Å²) in [7, 11) is 1.65. The molecule has 0 saturated heterocycles. The van der Waals surface area contributed by atoms with Gasteiger partial charge in [0.05, 0.1) is 7.11 Å². The van der Waals surface area contributed by atoms with E-state index in [1.807, 2.05) is 38.1 Å². The van der Waals surface area contributed by atoms with Crippen molar-refractivity contribution in [2.45, 2.75) is 32.9 Å². The number of rotatable bonds is 7. The number of amides is 1. The van der Waals surface area contributed by atoms with Crippen molar-refractivity contribution in [2.24, 2.45) is 0 Å². The van der Waals surface area contributed by atoms with Crippen LogP contribution < -0.4 is 15.4 Å². The molecule has 1 amide bonds. The molecule has 5 heteroatoms. The van der Waals surface area contributed by atoms with Gasteiger partial charge in [-0.15, -0.1) is 0 Å². The molecule has 122 valence electrons. The molecule has 1 atom stereocenters. The molecule has 0 radical (unpaired) electrons. The minimum absolute atomic E-state index is 0.0814. The van der Waals surface area contributed by atoms with Gasteiger partial charge in [0, 0.05) is 29.9 Å². The zero-order chi connectivity index (χ0) is 16.7. The molecule has 23 heavy (non-hydrogen) atoms. The quantitative estimate of drug-likeness (QED) is 0.824. The molecule has 1 aromatic heterocycles. The number of nitrogens with zero attached hydrogens (tertiary/aromatic N) is 1. The molecular formula is C18H23N3O2. The second-order valence-corrected chi connectivity index (χ2v) is 5.38. The standard InChI is InChI=1S/C18H23N3O2/c1-4-13(2)21-18(22)14-9-10-19-17(11-14)20-12-15-7-5-6-8-16(15)23-3/h5-11,13H,4,12H2,1-3H3,(H,19,20)(H,21,22). The monoisotopic (exact) mass is 313 g/mol. The Balaban J connectivity index is 2.04. The molecule has 0 spiro atoms. The smallest absolute Gasteiger partial charge is 0.251 e. The van der Waals surface area contributed by atoms with Gasteiger partial charge in [0.1, 0.15) is 11.6 Å². The van der Waals surface area contributed by atoms with Gasteiger partial charge in [0.15, 0.2) is 0 Å². The molecule has 0 aliphatic heterocycles. The number of para-hydroxylation sites is 1. The van der Waals surface area contributed by atoms with Crippen LogP contribution in [-0.2, 0) is 6.54 Å². The summed E-state index contributed by atoms with van der Waals surface area (Å²) >= 11 is 0. The molecule has 0 aliphatic rings. The van der Waals surface area contributed by atoms with Crippen molar-refractivity contribution in [1.29, 1.82) is 0 Å². The van der Waals surface area contributed by atoms with E-state index in [0.29, 0.717) is 17.9 Å². The molecule has 2 aromatic rings. The van der Waals surface area contributed by atoms with E-state index in [1.54, 1.807) is 25.4 Å². The van der Waals surface area contributed by atoms with E-state index >= 15 is 0 Å². The second kappa shape index (κ2) is 8.17. The summed E-state index contributed by atoms with van der Waals surface area (Å²) in [6.07, 6.45) is 2.53. The maximum Gasteiger partial charge on any atom is 0.251 e. The highest BCUT2D eigenvalue weighted by atomic mass is 16.5. The fourth-order valence-electron chi connectivity index (χ4n) is 2.11. The predicted molar refractivity (Wildman–Crippen MR) is 91.8 cm³/mol. The van der Waals surface area contributed by atoms with Gasteiger partial charge in [-0.2, -0.15) is 0 Å². The summed E-state index contributed by atoms with van der Waals surface area (Å²) in [5.74, 6) is 1.40. The summed E-state index contributed by atoms with van der Waals surface area (Å²) in [5.41, 5.74) is 1.63. The predicted octanol–water partition coefficient (Wildman–Crippen LogP) is 3.23. The largest absolute Gasteiger partial charge is 0.496 e. The maximum absolute atomic E-state index is 12.2. The van der Waals surface area contributed by atoms with Crippen LogP contribution in [0.1, 0.15) is 36.2 Å². The number of pyridine rings is 1. The Kier molecular flexibility index (Phi) is 5.97. The van der Waals surface area contributed by atoms with Gasteiger partial charge in [-0.05, 0) is 31.5 Å². The van der Waals surface area contributed by atoms with E-state index in [4.69, 9.17) is 4.74 Å². The van der Waals surface area contributed by atoms with Gasteiger partial charge >= 0.3 is 0 Å². The average molecular weight is 313 g/mol. The number of anilines is 1. The van der Waals surface area contributed by atoms with Crippen molar-refractivity contribution in [1.82, 2.24) is 10.3 Å². The highest BCUT2D eigenvalue weighted by molar-refractivity contribution is 5.94. The lowest BCUT2D eigenvalue weighted by Gasteiger charge is -2.13. The van der Waals surface area contributed by atoms with Gasteiger partial charge in [-0.25, -0.2) is 4.98 Å². The minimum atomic E-state index is -0.0814. The SMILES string of the molecule is CCC(C)NC(=O)c1ccnc(NCc2ccccc2OC)c1. The molecule has 5 nitrogen and oxygen atoms in total.